The average Bonchev–Trinajstić information content (AvgIpc) is 3.01. The summed E-state index contributed by atoms with van der Waals surface area (Å²) in [6, 6.07) is 2.25. The predicted octanol–water partition coefficient (Wildman–Crippen LogP) is 3.99. The molecular weight excluding hydrogens is 302 g/mol. The zero-order valence-corrected chi connectivity index (χ0v) is 12.5. The van der Waals surface area contributed by atoms with Gasteiger partial charge in [0.1, 0.15) is 17.2 Å². The van der Waals surface area contributed by atoms with Crippen molar-refractivity contribution in [2.75, 3.05) is 11.6 Å². The van der Waals surface area contributed by atoms with Gasteiger partial charge in [0.15, 0.2) is 5.82 Å². The van der Waals surface area contributed by atoms with Crippen molar-refractivity contribution in [2.24, 2.45) is 0 Å². The van der Waals surface area contributed by atoms with E-state index in [9.17, 15) is 8.78 Å². The second kappa shape index (κ2) is 5.90. The highest BCUT2D eigenvalue weighted by molar-refractivity contribution is 8.00. The Hall–Kier alpha value is -0.810. The number of hydrogen-bond donors (Lipinski definition) is 0. The van der Waals surface area contributed by atoms with Crippen LogP contribution in [0.15, 0.2) is 12.1 Å². The van der Waals surface area contributed by atoms with Crippen LogP contribution in [0.1, 0.15) is 18.7 Å². The molecule has 0 aliphatic carbocycles. The smallest absolute Gasteiger partial charge is 0.153 e. The largest absolute Gasteiger partial charge is 0.327 e. The Labute approximate surface area is 125 Å². The molecule has 1 aromatic heterocycles. The minimum absolute atomic E-state index is 0.245. The summed E-state index contributed by atoms with van der Waals surface area (Å²) in [4.78, 5) is 4.31. The molecule has 0 amide bonds. The summed E-state index contributed by atoms with van der Waals surface area (Å²) in [5.41, 5.74) is 0.782. The van der Waals surface area contributed by atoms with Crippen molar-refractivity contribution in [3.8, 4) is 0 Å². The molecule has 0 radical (unpaired) electrons. The van der Waals surface area contributed by atoms with E-state index in [4.69, 9.17) is 11.6 Å². The fraction of sp³-hybridized carbons (Fsp3) is 0.500. The quantitative estimate of drug-likeness (QED) is 0.794. The van der Waals surface area contributed by atoms with Gasteiger partial charge in [0, 0.05) is 30.2 Å². The molecule has 2 nitrogen and oxygen atoms in total. The van der Waals surface area contributed by atoms with Gasteiger partial charge < -0.3 is 4.57 Å². The number of alkyl halides is 1. The molecule has 20 heavy (non-hydrogen) atoms. The number of aryl methyl sites for hydroxylation is 1. The molecule has 6 heteroatoms. The summed E-state index contributed by atoms with van der Waals surface area (Å²) in [5, 5.41) is 0.493. The molecule has 1 unspecified atom stereocenters. The second-order valence-corrected chi connectivity index (χ2v) is 6.75. The third kappa shape index (κ3) is 2.66. The van der Waals surface area contributed by atoms with Crippen LogP contribution >= 0.6 is 23.4 Å². The van der Waals surface area contributed by atoms with E-state index in [1.165, 1.54) is 12.5 Å². The van der Waals surface area contributed by atoms with Gasteiger partial charge in [-0.05, 0) is 24.7 Å². The molecule has 108 valence electrons. The topological polar surface area (TPSA) is 17.8 Å². The number of nitrogens with zero attached hydrogens (tertiary/aromatic N) is 2. The number of imidazole rings is 1. The van der Waals surface area contributed by atoms with Crippen LogP contribution in [0.4, 0.5) is 8.78 Å². The van der Waals surface area contributed by atoms with Gasteiger partial charge in [0.25, 0.3) is 0 Å². The SMILES string of the molecule is Fc1cc(F)c2nc(CCCl)n(CC3CCCS3)c2c1. The first-order chi connectivity index (χ1) is 9.69. The number of hydrogen-bond acceptors (Lipinski definition) is 2. The van der Waals surface area contributed by atoms with E-state index in [2.05, 4.69) is 4.98 Å². The summed E-state index contributed by atoms with van der Waals surface area (Å²) < 4.78 is 29.3. The Morgan fingerprint density at radius 1 is 1.40 bits per heavy atom. The molecule has 1 saturated heterocycles. The monoisotopic (exact) mass is 316 g/mol. The Balaban J connectivity index is 2.07. The summed E-state index contributed by atoms with van der Waals surface area (Å²) in [7, 11) is 0. The summed E-state index contributed by atoms with van der Waals surface area (Å²) >= 11 is 7.71. The van der Waals surface area contributed by atoms with E-state index in [-0.39, 0.29) is 5.52 Å². The maximum Gasteiger partial charge on any atom is 0.153 e. The first-order valence-corrected chi connectivity index (χ1v) is 8.29. The van der Waals surface area contributed by atoms with E-state index >= 15 is 0 Å². The highest BCUT2D eigenvalue weighted by Crippen LogP contribution is 2.30. The molecule has 2 heterocycles. The summed E-state index contributed by atoms with van der Waals surface area (Å²) in [6.45, 7) is 0.746. The Morgan fingerprint density at radius 3 is 2.95 bits per heavy atom. The van der Waals surface area contributed by atoms with E-state index in [0.29, 0.717) is 23.1 Å². The van der Waals surface area contributed by atoms with Crippen molar-refractivity contribution in [2.45, 2.75) is 31.1 Å². The van der Waals surface area contributed by atoms with E-state index in [1.807, 2.05) is 16.3 Å². The normalized spacial score (nSPS) is 19.1. The lowest BCUT2D eigenvalue weighted by Crippen LogP contribution is -2.13. The fourth-order valence-corrected chi connectivity index (χ4v) is 4.09. The van der Waals surface area contributed by atoms with E-state index in [0.717, 1.165) is 30.6 Å². The average molecular weight is 317 g/mol. The number of aromatic nitrogens is 2. The number of thioether (sulfide) groups is 1. The lowest BCUT2D eigenvalue weighted by molar-refractivity contribution is 0.588. The highest BCUT2D eigenvalue weighted by Gasteiger charge is 2.21. The van der Waals surface area contributed by atoms with Crippen molar-refractivity contribution in [1.29, 1.82) is 0 Å². The highest BCUT2D eigenvalue weighted by atomic mass is 35.5. The van der Waals surface area contributed by atoms with Crippen LogP contribution in [-0.2, 0) is 13.0 Å². The Kier molecular flexibility index (Phi) is 4.17. The van der Waals surface area contributed by atoms with Gasteiger partial charge in [-0.25, -0.2) is 13.8 Å². The molecule has 2 aromatic rings. The van der Waals surface area contributed by atoms with E-state index < -0.39 is 11.6 Å². The zero-order chi connectivity index (χ0) is 14.1. The minimum Gasteiger partial charge on any atom is -0.327 e. The number of rotatable bonds is 4. The second-order valence-electron chi connectivity index (χ2n) is 4.97. The number of fused-ring (bicyclic) bond motifs is 1. The van der Waals surface area contributed by atoms with Gasteiger partial charge in [-0.2, -0.15) is 11.8 Å². The fourth-order valence-electron chi connectivity index (χ4n) is 2.67. The van der Waals surface area contributed by atoms with Crippen molar-refractivity contribution < 1.29 is 8.78 Å². The molecule has 1 aliphatic rings. The first kappa shape index (κ1) is 14.1. The molecule has 0 bridgehead atoms. The van der Waals surface area contributed by atoms with Crippen LogP contribution in [0.3, 0.4) is 0 Å². The Bertz CT molecular complexity index is 623. The van der Waals surface area contributed by atoms with Crippen LogP contribution in [0.2, 0.25) is 0 Å². The third-order valence-electron chi connectivity index (χ3n) is 3.58. The van der Waals surface area contributed by atoms with Crippen LogP contribution < -0.4 is 0 Å². The minimum atomic E-state index is -0.603. The molecule has 1 aromatic carbocycles. The van der Waals surface area contributed by atoms with Gasteiger partial charge in [-0.15, -0.1) is 11.6 Å². The number of benzene rings is 1. The van der Waals surface area contributed by atoms with Gasteiger partial charge >= 0.3 is 0 Å². The van der Waals surface area contributed by atoms with Crippen molar-refractivity contribution in [3.63, 3.8) is 0 Å². The predicted molar refractivity (Wildman–Crippen MR) is 79.6 cm³/mol. The van der Waals surface area contributed by atoms with Gasteiger partial charge in [-0.1, -0.05) is 0 Å². The molecule has 1 aliphatic heterocycles. The molecule has 0 N–H and O–H groups in total. The first-order valence-electron chi connectivity index (χ1n) is 6.71. The maximum absolute atomic E-state index is 13.8. The van der Waals surface area contributed by atoms with E-state index in [1.54, 1.807) is 0 Å². The van der Waals surface area contributed by atoms with Crippen LogP contribution in [0.5, 0.6) is 0 Å². The van der Waals surface area contributed by atoms with Crippen LogP contribution in [0, 0.1) is 11.6 Å². The maximum atomic E-state index is 13.8. The van der Waals surface area contributed by atoms with Crippen LogP contribution in [-0.4, -0.2) is 26.4 Å². The van der Waals surface area contributed by atoms with Crippen LogP contribution in [0.25, 0.3) is 11.0 Å². The Morgan fingerprint density at radius 2 is 2.25 bits per heavy atom. The lowest BCUT2D eigenvalue weighted by Gasteiger charge is -2.13. The number of halogens is 3. The lowest BCUT2D eigenvalue weighted by atomic mass is 10.2. The van der Waals surface area contributed by atoms with Crippen molar-refractivity contribution in [1.82, 2.24) is 9.55 Å². The van der Waals surface area contributed by atoms with Gasteiger partial charge in [0.2, 0.25) is 0 Å². The molecule has 3 rings (SSSR count). The van der Waals surface area contributed by atoms with Crippen molar-refractivity contribution >= 4 is 34.4 Å². The van der Waals surface area contributed by atoms with Crippen molar-refractivity contribution in [3.05, 3.63) is 29.6 Å². The van der Waals surface area contributed by atoms with Gasteiger partial charge in [0.05, 0.1) is 5.52 Å². The molecular formula is C14H15ClF2N2S. The molecule has 0 saturated carbocycles. The summed E-state index contributed by atoms with van der Waals surface area (Å²) in [5.74, 6) is 1.16. The molecule has 1 fully saturated rings. The molecule has 0 spiro atoms. The van der Waals surface area contributed by atoms with Gasteiger partial charge in [-0.3, -0.25) is 0 Å². The summed E-state index contributed by atoms with van der Waals surface area (Å²) in [6.07, 6.45) is 2.91. The molecule has 1 atom stereocenters. The third-order valence-corrected chi connectivity index (χ3v) is 5.15. The standard InChI is InChI=1S/C14H15ClF2N2S/c15-4-3-13-18-14-11(17)6-9(16)7-12(14)19(13)8-10-2-1-5-20-10/h6-7,10H,1-5,8H2. The zero-order valence-electron chi connectivity index (χ0n) is 10.9.